The largest absolute Gasteiger partial charge is 0.489 e. The van der Waals surface area contributed by atoms with E-state index in [0.717, 1.165) is 164 Å². The molecule has 54 nitrogen and oxygen atoms in total. The van der Waals surface area contributed by atoms with Gasteiger partial charge in [-0.05, 0) is 199 Å². The Bertz CT molecular complexity index is 6490. The molecular weight excluding hydrogens is 1920 g/mol. The summed E-state index contributed by atoms with van der Waals surface area (Å²) in [6.07, 6.45) is 0. The van der Waals surface area contributed by atoms with Crippen molar-refractivity contribution >= 4 is 177 Å². The van der Waals surface area contributed by atoms with Crippen molar-refractivity contribution < 1.29 is 207 Å². The van der Waals surface area contributed by atoms with Gasteiger partial charge in [-0.3, -0.25) is 14.4 Å². The zero-order chi connectivity index (χ0) is 106. The second kappa shape index (κ2) is 44.8. The molecule has 0 aliphatic carbocycles. The van der Waals surface area contributed by atoms with Crippen LogP contribution in [0.5, 0.6) is 17.2 Å². The highest BCUT2D eigenvalue weighted by molar-refractivity contribution is 6.10. The van der Waals surface area contributed by atoms with Gasteiger partial charge < -0.3 is 138 Å². The maximum Gasteiger partial charge on any atom is 0.335 e. The molecule has 732 valence electrons. The molecule has 0 bridgehead atoms. The first-order valence-electron chi connectivity index (χ1n) is 39.1. The topological polar surface area (TPSA) is 900 Å². The Morgan fingerprint density at radius 1 is 0.174 bits per heavy atom. The number of carboxylic acid groups (broad SMARTS) is 18. The van der Waals surface area contributed by atoms with Gasteiger partial charge >= 0.3 is 107 Å². The summed E-state index contributed by atoms with van der Waals surface area (Å²) in [5, 5.41) is 183. The Balaban J connectivity index is 0.000000222. The molecule has 2 heterocycles. The van der Waals surface area contributed by atoms with E-state index >= 15 is 0 Å². The first-order valence-corrected chi connectivity index (χ1v) is 39.1. The Labute approximate surface area is 795 Å². The molecule has 54 heteroatoms. The lowest BCUT2D eigenvalue weighted by Crippen LogP contribution is -2.26. The molecule has 0 atom stereocenters. The third-order valence-corrected chi connectivity index (χ3v) is 18.5. The van der Waals surface area contributed by atoms with Gasteiger partial charge in [0.15, 0.2) is 0 Å². The lowest BCUT2D eigenvalue weighted by molar-refractivity contribution is 0.0675. The maximum absolute atomic E-state index is 13.2. The average molecular weight is 1980 g/mol. The molecule has 0 saturated heterocycles. The van der Waals surface area contributed by atoms with Crippen molar-refractivity contribution in [2.75, 3.05) is 31.9 Å². The number of benzene rings is 10. The van der Waals surface area contributed by atoms with Crippen molar-refractivity contribution in [3.8, 4) is 17.2 Å². The number of aromatic carboxylic acids is 18. The quantitative estimate of drug-likeness (QED) is 0.0170. The normalized spacial score (nSPS) is 10.4. The SMILES string of the molecule is O=C(O)c1cc(NC(=O)c2nc(C(=O)Nc3cc(C(=O)O)cc(C(=O)O)c3)nc(C(=O)Nc3cc(C(=O)O)cc(C(=O)O)c3)n2)cc(C(=O)O)c1.O=C(O)c1cc(Nc2nc(Nc3cc(C(=O)O)cc(C(=O)O)c3)nc(Nc3cc(C(=O)O)cc(C(=O)O)c3)n2)cc(C(=O)O)c1.O=C(O)c1cc(OCc2cc(COc3cc(C(=O)O)cc(C(=O)O)c3)cc(COc3cc(C(=O)O)cc(C(=O)O)c3)c2)cc(C(=O)O)c1. The molecule has 24 N–H and O–H groups in total. The second-order valence-electron chi connectivity index (χ2n) is 28.9. The minimum atomic E-state index is -1.57. The lowest BCUT2D eigenvalue weighted by atomic mass is 10.1. The van der Waals surface area contributed by atoms with Gasteiger partial charge in [0.1, 0.15) is 37.1 Å². The summed E-state index contributed by atoms with van der Waals surface area (Å²) in [5.41, 5.74) is -7.94. The molecule has 0 aliphatic heterocycles. The molecule has 0 aliphatic rings. The van der Waals surface area contributed by atoms with Gasteiger partial charge in [-0.25, -0.2) is 86.3 Å². The number of hydrogen-bond donors (Lipinski definition) is 24. The Kier molecular flexibility index (Phi) is 32.4. The minimum Gasteiger partial charge on any atom is -0.489 e. The van der Waals surface area contributed by atoms with Crippen LogP contribution in [0, 0.1) is 0 Å². The predicted octanol–water partition coefficient (Wildman–Crippen LogP) is 9.72. The van der Waals surface area contributed by atoms with Gasteiger partial charge in [0.2, 0.25) is 35.3 Å². The van der Waals surface area contributed by atoms with Crippen LogP contribution >= 0.6 is 0 Å². The third-order valence-electron chi connectivity index (χ3n) is 18.5. The van der Waals surface area contributed by atoms with Crippen LogP contribution in [0.1, 0.15) is 235 Å². The lowest BCUT2D eigenvalue weighted by Gasteiger charge is -2.14. The first-order chi connectivity index (χ1) is 67.8. The van der Waals surface area contributed by atoms with Crippen molar-refractivity contribution in [2.45, 2.75) is 19.8 Å². The number of nitrogens with zero attached hydrogens (tertiary/aromatic N) is 6. The summed E-state index contributed by atoms with van der Waals surface area (Å²) >= 11 is 0. The van der Waals surface area contributed by atoms with Crippen LogP contribution in [0.2, 0.25) is 0 Å². The minimum absolute atomic E-state index is 0.0647. The molecule has 12 aromatic rings. The van der Waals surface area contributed by atoms with Crippen molar-refractivity contribution in [2.24, 2.45) is 0 Å². The van der Waals surface area contributed by atoms with Gasteiger partial charge in [-0.2, -0.15) is 29.9 Å². The summed E-state index contributed by atoms with van der Waals surface area (Å²) in [6, 6.07) is 31.2. The fourth-order valence-corrected chi connectivity index (χ4v) is 12.2. The van der Waals surface area contributed by atoms with Crippen molar-refractivity contribution in [3.05, 3.63) is 316 Å². The zero-order valence-corrected chi connectivity index (χ0v) is 71.5. The number of anilines is 9. The van der Waals surface area contributed by atoms with Gasteiger partial charge in [0, 0.05) is 34.1 Å². The van der Waals surface area contributed by atoms with Crippen LogP contribution in [0.3, 0.4) is 0 Å². The monoisotopic (exact) mass is 1980 g/mol. The molecule has 0 fully saturated rings. The Hall–Kier alpha value is -22.1. The van der Waals surface area contributed by atoms with E-state index in [2.05, 4.69) is 61.8 Å². The van der Waals surface area contributed by atoms with Crippen LogP contribution < -0.4 is 46.1 Å². The van der Waals surface area contributed by atoms with Crippen LogP contribution in [0.15, 0.2) is 182 Å². The number of ether oxygens (including phenoxy) is 3. The summed E-state index contributed by atoms with van der Waals surface area (Å²) in [6.45, 7) is -0.672. The maximum atomic E-state index is 13.2. The third kappa shape index (κ3) is 28.3. The van der Waals surface area contributed by atoms with E-state index in [-0.39, 0.29) is 105 Å². The number of carboxylic acids is 18. The van der Waals surface area contributed by atoms with Gasteiger partial charge in [-0.1, -0.05) is 0 Å². The standard InChI is InChI=1S/C33H24O15.C30H18N6O15.C27H18N6O12/c34-28(35)19-4-20(29(36)37)8-25(7-19)46-13-16-1-17(14-47-26-9-21(30(38)39)5-22(10-26)31(40)41)3-18(2-16)15-48-27-11-23(32(42)43)6-24(12-27)33(44)45;37-22(31-16-4-10(25(40)41)1-11(5-16)26(42)43)19-34-20(23(38)32-17-6-12(27(44)45)2-13(7-17)28(46)47)36-21(35-19)24(39)33-18-8-14(29(48)49)3-15(9-18)30(50)51;34-19(35)10-1-11(20(36)37)5-16(4-10)28-25-31-26(29-17-6-12(21(38)39)2-13(7-17)22(40)41)33-27(32-25)30-18-8-14(23(42)43)3-15(9-18)24(44)45/h1-12H,13-15H2,(H,34,35)(H,36,37)(H,38,39)(H,40,41)(H,42,43)(H,44,45);1-9H,(H,31,37)(H,32,38)(H,33,39)(H,40,41)(H,42,43)(H,44,45)(H,46,47)(H,48,49)(H,50,51);1-9H,(H,34,35)(H,36,37)(H,38,39)(H,40,41)(H,42,43)(H,44,45)(H3,28,29,30,31,32,33). The molecule has 0 saturated carbocycles. The molecule has 0 radical (unpaired) electrons. The van der Waals surface area contributed by atoms with Gasteiger partial charge in [-0.15, -0.1) is 0 Å². The molecular formula is C90H60N12O42. The van der Waals surface area contributed by atoms with E-state index in [9.17, 15) is 193 Å². The van der Waals surface area contributed by atoms with Crippen LogP contribution in [-0.2, 0) is 19.8 Å². The number of aromatic nitrogens is 6. The van der Waals surface area contributed by atoms with Crippen molar-refractivity contribution in [1.29, 1.82) is 0 Å². The van der Waals surface area contributed by atoms with E-state index in [1.54, 1.807) is 18.2 Å². The Morgan fingerprint density at radius 3 is 0.444 bits per heavy atom. The van der Waals surface area contributed by atoms with Gasteiger partial charge in [0.05, 0.1) is 100 Å². The van der Waals surface area contributed by atoms with E-state index in [0.29, 0.717) is 16.7 Å². The van der Waals surface area contributed by atoms with Gasteiger partial charge in [0.25, 0.3) is 17.7 Å². The fraction of sp³-hybridized carbons (Fsp3) is 0.0333. The first kappa shape index (κ1) is 104. The van der Waals surface area contributed by atoms with E-state index < -0.39 is 226 Å². The van der Waals surface area contributed by atoms with Crippen molar-refractivity contribution in [1.82, 2.24) is 29.9 Å². The Morgan fingerprint density at radius 2 is 0.306 bits per heavy atom. The molecule has 3 amide bonds. The zero-order valence-electron chi connectivity index (χ0n) is 71.5. The smallest absolute Gasteiger partial charge is 0.335 e. The molecule has 12 rings (SSSR count). The number of amides is 3. The summed E-state index contributed by atoms with van der Waals surface area (Å²) in [7, 11) is 0. The highest BCUT2D eigenvalue weighted by Crippen LogP contribution is 2.31. The number of nitrogens with one attached hydrogen (secondary N) is 6. The molecule has 2 aromatic heterocycles. The molecule has 0 unspecified atom stereocenters. The number of rotatable bonds is 39. The average Bonchev–Trinajstić information content (AvgIpc) is 0.797. The predicted molar refractivity (Wildman–Crippen MR) is 476 cm³/mol. The number of carbonyl (C=O) groups excluding carboxylic acids is 3. The summed E-state index contributed by atoms with van der Waals surface area (Å²) < 4.78 is 17.1. The second-order valence-corrected chi connectivity index (χ2v) is 28.9. The summed E-state index contributed by atoms with van der Waals surface area (Å²) in [4.78, 5) is 270. The highest BCUT2D eigenvalue weighted by Gasteiger charge is 2.28. The molecule has 10 aromatic carbocycles. The number of carbonyl (C=O) groups is 21. The van der Waals surface area contributed by atoms with Crippen LogP contribution in [0.4, 0.5) is 52.0 Å². The van der Waals surface area contributed by atoms with Crippen LogP contribution in [-0.4, -0.2) is 247 Å². The van der Waals surface area contributed by atoms with E-state index in [1.165, 1.54) is 0 Å². The van der Waals surface area contributed by atoms with Crippen molar-refractivity contribution in [3.63, 3.8) is 0 Å². The number of hydrogen-bond acceptors (Lipinski definition) is 33. The molecule has 144 heavy (non-hydrogen) atoms. The van der Waals surface area contributed by atoms with E-state index in [4.69, 9.17) is 14.2 Å². The molecule has 0 spiro atoms. The van der Waals surface area contributed by atoms with Crippen LogP contribution in [0.25, 0.3) is 0 Å². The highest BCUT2D eigenvalue weighted by atomic mass is 16.5. The fourth-order valence-electron chi connectivity index (χ4n) is 12.2. The van der Waals surface area contributed by atoms with E-state index in [1.807, 2.05) is 0 Å². The summed E-state index contributed by atoms with van der Waals surface area (Å²) in [5.74, 6) is -34.8.